The first-order chi connectivity index (χ1) is 24.1. The minimum absolute atomic E-state index is 0.0621. The van der Waals surface area contributed by atoms with Crippen LogP contribution in [0.5, 0.6) is 28.7 Å². The molecule has 51 heavy (non-hydrogen) atoms. The minimum atomic E-state index is -1.84. The number of benzene rings is 2. The lowest BCUT2D eigenvalue weighted by atomic mass is 9.99. The zero-order valence-electron chi connectivity index (χ0n) is 26.9. The van der Waals surface area contributed by atoms with Crippen LogP contribution in [0.15, 0.2) is 39.5 Å². The van der Waals surface area contributed by atoms with E-state index in [1.165, 1.54) is 19.9 Å². The van der Waals surface area contributed by atoms with Crippen LogP contribution in [0.25, 0.3) is 22.3 Å². The predicted molar refractivity (Wildman–Crippen MR) is 166 cm³/mol. The molecule has 1 aromatic heterocycles. The molecule has 3 aliphatic heterocycles. The van der Waals surface area contributed by atoms with E-state index >= 15 is 0 Å². The number of aromatic hydroxyl groups is 3. The molecule has 14 atom stereocenters. The minimum Gasteiger partial charge on any atom is -0.507 e. The molecular weight excluding hydrogens is 688 g/mol. The van der Waals surface area contributed by atoms with Crippen molar-refractivity contribution in [2.75, 3.05) is 6.61 Å². The first-order valence-corrected chi connectivity index (χ1v) is 15.8. The number of phenols is 3. The first kappa shape index (κ1) is 36.9. The molecule has 3 fully saturated rings. The van der Waals surface area contributed by atoms with Crippen molar-refractivity contribution >= 4 is 11.0 Å². The van der Waals surface area contributed by atoms with Crippen LogP contribution in [0, 0.1) is 0 Å². The lowest BCUT2D eigenvalue weighted by molar-refractivity contribution is -0.344. The summed E-state index contributed by atoms with van der Waals surface area (Å²) in [6, 6.07) is 5.43. The van der Waals surface area contributed by atoms with Gasteiger partial charge in [-0.1, -0.05) is 0 Å². The number of aliphatic hydroxyl groups excluding tert-OH is 8. The van der Waals surface area contributed by atoms with Crippen molar-refractivity contribution in [2.45, 2.75) is 99.9 Å². The number of rotatable bonds is 7. The van der Waals surface area contributed by atoms with E-state index in [9.17, 15) is 61.0 Å². The van der Waals surface area contributed by atoms with E-state index in [1.807, 2.05) is 0 Å². The van der Waals surface area contributed by atoms with Crippen molar-refractivity contribution in [3.8, 4) is 40.1 Å². The third-order valence-electron chi connectivity index (χ3n) is 8.97. The summed E-state index contributed by atoms with van der Waals surface area (Å²) in [5.74, 6) is -3.22. The maximum absolute atomic E-state index is 14.1. The summed E-state index contributed by atoms with van der Waals surface area (Å²) < 4.78 is 39.7. The Morgan fingerprint density at radius 3 is 1.94 bits per heavy atom. The predicted octanol–water partition coefficient (Wildman–Crippen LogP) is -2.55. The van der Waals surface area contributed by atoms with Crippen LogP contribution in [0.3, 0.4) is 0 Å². The van der Waals surface area contributed by atoms with Gasteiger partial charge in [-0.3, -0.25) is 4.79 Å². The van der Waals surface area contributed by atoms with Gasteiger partial charge in [-0.2, -0.15) is 0 Å². The topological polar surface area (TPSA) is 308 Å². The lowest BCUT2D eigenvalue weighted by Crippen LogP contribution is -2.62. The number of aliphatic hydroxyl groups is 8. The monoisotopic (exact) mass is 726 g/mol. The van der Waals surface area contributed by atoms with E-state index < -0.39 is 132 Å². The van der Waals surface area contributed by atoms with Gasteiger partial charge < -0.3 is 89.0 Å². The van der Waals surface area contributed by atoms with Crippen molar-refractivity contribution in [2.24, 2.45) is 0 Å². The molecule has 2 aromatic carbocycles. The second-order valence-corrected chi connectivity index (χ2v) is 12.6. The van der Waals surface area contributed by atoms with E-state index in [4.69, 9.17) is 32.8 Å². The Hall–Kier alpha value is -3.83. The van der Waals surface area contributed by atoms with E-state index in [-0.39, 0.29) is 16.9 Å². The molecule has 6 rings (SSSR count). The highest BCUT2D eigenvalue weighted by Gasteiger charge is 2.49. The van der Waals surface area contributed by atoms with E-state index in [2.05, 4.69) is 0 Å². The van der Waals surface area contributed by atoms with Crippen LogP contribution < -0.4 is 14.9 Å². The highest BCUT2D eigenvalue weighted by molar-refractivity contribution is 5.88. The molecular formula is C32H38O19. The summed E-state index contributed by atoms with van der Waals surface area (Å²) in [5.41, 5.74) is -1.45. The summed E-state index contributed by atoms with van der Waals surface area (Å²) in [6.07, 6.45) is -21.9. The summed E-state index contributed by atoms with van der Waals surface area (Å²) >= 11 is 0. The molecule has 3 saturated heterocycles. The highest BCUT2D eigenvalue weighted by Crippen LogP contribution is 2.40. The summed E-state index contributed by atoms with van der Waals surface area (Å²) in [5, 5.41) is 113. The van der Waals surface area contributed by atoms with Crippen molar-refractivity contribution in [1.82, 2.24) is 0 Å². The van der Waals surface area contributed by atoms with E-state index in [1.54, 1.807) is 0 Å². The summed E-state index contributed by atoms with van der Waals surface area (Å²) in [4.78, 5) is 14.1. The Balaban J connectivity index is 1.40. The molecule has 0 amide bonds. The molecule has 11 N–H and O–H groups in total. The number of hydrogen-bond donors (Lipinski definition) is 11. The van der Waals surface area contributed by atoms with E-state index in [0.29, 0.717) is 0 Å². The van der Waals surface area contributed by atoms with Crippen molar-refractivity contribution in [1.29, 1.82) is 0 Å². The van der Waals surface area contributed by atoms with E-state index in [0.717, 1.165) is 24.3 Å². The number of hydrogen-bond acceptors (Lipinski definition) is 19. The maximum Gasteiger partial charge on any atom is 0.239 e. The van der Waals surface area contributed by atoms with Gasteiger partial charge in [0.2, 0.25) is 23.8 Å². The average Bonchev–Trinajstić information content (AvgIpc) is 3.09. The van der Waals surface area contributed by atoms with Crippen LogP contribution >= 0.6 is 0 Å². The Morgan fingerprint density at radius 1 is 0.667 bits per heavy atom. The molecule has 4 heterocycles. The lowest BCUT2D eigenvalue weighted by Gasteiger charge is -2.43. The Labute approximate surface area is 287 Å². The molecule has 3 aromatic rings. The molecule has 19 nitrogen and oxygen atoms in total. The normalized spacial score (nSPS) is 37.3. The molecule has 0 spiro atoms. The van der Waals surface area contributed by atoms with Gasteiger partial charge in [-0.15, -0.1) is 0 Å². The van der Waals surface area contributed by atoms with Gasteiger partial charge in [0.15, 0.2) is 29.7 Å². The van der Waals surface area contributed by atoms with Crippen LogP contribution in [-0.2, 0) is 18.9 Å². The van der Waals surface area contributed by atoms with Gasteiger partial charge in [0.25, 0.3) is 0 Å². The third kappa shape index (κ3) is 6.91. The first-order valence-electron chi connectivity index (χ1n) is 15.8. The zero-order chi connectivity index (χ0) is 37.0. The SMILES string of the molecule is CC1OC(Oc2cc(O)c3c(=O)c(OC4OCC(O)C(O)C4OC4OC(C)C(O)C(O)C4O)c(-c4ccc(O)c(O)c4)oc3c2)C(O)C(O)C1O. The largest absolute Gasteiger partial charge is 0.507 e. The highest BCUT2D eigenvalue weighted by atomic mass is 16.8. The second-order valence-electron chi connectivity index (χ2n) is 12.6. The fourth-order valence-electron chi connectivity index (χ4n) is 5.94. The van der Waals surface area contributed by atoms with Crippen LogP contribution in [0.4, 0.5) is 0 Å². The fraction of sp³-hybridized carbons (Fsp3) is 0.531. The standard InChI is InChI=1S/C32H38O19/c1-9-19(37)23(41)25(43)30(46-9)48-12-6-15(35)18-17(7-12)49-27(11-3-4-13(33)14(34)5-11)28(22(18)40)50-32-29(21(39)16(36)8-45-32)51-31-26(44)24(42)20(38)10(2)47-31/h3-7,9-10,16,19-21,23-26,29-39,41-44H,8H2,1-2H3. The van der Waals surface area contributed by atoms with Crippen molar-refractivity contribution in [3.63, 3.8) is 0 Å². The number of fused-ring (bicyclic) bond motifs is 1. The summed E-state index contributed by atoms with van der Waals surface area (Å²) in [6.45, 7) is 2.27. The number of ether oxygens (including phenoxy) is 6. The molecule has 0 radical (unpaired) electrons. The van der Waals surface area contributed by atoms with Crippen LogP contribution in [0.1, 0.15) is 13.8 Å². The molecule has 280 valence electrons. The Kier molecular flexibility index (Phi) is 10.4. The Morgan fingerprint density at radius 2 is 1.29 bits per heavy atom. The maximum atomic E-state index is 14.1. The molecule has 0 aliphatic carbocycles. The summed E-state index contributed by atoms with van der Waals surface area (Å²) in [7, 11) is 0. The van der Waals surface area contributed by atoms with Gasteiger partial charge in [0.1, 0.15) is 71.3 Å². The third-order valence-corrected chi connectivity index (χ3v) is 8.97. The second kappa shape index (κ2) is 14.3. The fourth-order valence-corrected chi connectivity index (χ4v) is 5.94. The molecule has 0 saturated carbocycles. The molecule has 19 heteroatoms. The molecule has 3 aliphatic rings. The smallest absolute Gasteiger partial charge is 0.239 e. The zero-order valence-corrected chi connectivity index (χ0v) is 26.9. The Bertz CT molecular complexity index is 1780. The van der Waals surface area contributed by atoms with Crippen LogP contribution in [0.2, 0.25) is 0 Å². The number of phenolic OH excluding ortho intramolecular Hbond substituents is 3. The van der Waals surface area contributed by atoms with Crippen LogP contribution in [-0.4, -0.2) is 149 Å². The molecule has 0 bridgehead atoms. The van der Waals surface area contributed by atoms with Gasteiger partial charge in [0.05, 0.1) is 18.8 Å². The van der Waals surface area contributed by atoms with Gasteiger partial charge in [-0.05, 0) is 32.0 Å². The molecule has 14 unspecified atom stereocenters. The van der Waals surface area contributed by atoms with Gasteiger partial charge in [-0.25, -0.2) is 0 Å². The van der Waals surface area contributed by atoms with Gasteiger partial charge in [0, 0.05) is 17.7 Å². The van der Waals surface area contributed by atoms with Crippen molar-refractivity contribution in [3.05, 3.63) is 40.6 Å². The average molecular weight is 727 g/mol. The van der Waals surface area contributed by atoms with Gasteiger partial charge >= 0.3 is 0 Å². The quantitative estimate of drug-likeness (QED) is 0.112. The van der Waals surface area contributed by atoms with Crippen molar-refractivity contribution < 1.29 is 89.0 Å².